The molecule has 0 fully saturated rings. The van der Waals surface area contributed by atoms with Gasteiger partial charge in [0, 0.05) is 13.1 Å². The van der Waals surface area contributed by atoms with Gasteiger partial charge in [0.15, 0.2) is 0 Å². The molecule has 0 amide bonds. The molecule has 0 radical (unpaired) electrons. The third-order valence-corrected chi connectivity index (χ3v) is 1.98. The molecule has 0 atom stereocenters. The third kappa shape index (κ3) is 3.56. The first-order valence-corrected chi connectivity index (χ1v) is 4.71. The van der Waals surface area contributed by atoms with Crippen LogP contribution in [-0.2, 0) is 0 Å². The lowest BCUT2D eigenvalue weighted by Gasteiger charge is -2.12. The van der Waals surface area contributed by atoms with Gasteiger partial charge in [-0.3, -0.25) is 0 Å². The Labute approximate surface area is 89.1 Å². The Hall–Kier alpha value is -1.60. The number of likely N-dealkylation sites (N-methyl/N-ethyl adjacent to an activating group) is 1. The van der Waals surface area contributed by atoms with Crippen molar-refractivity contribution < 1.29 is 4.39 Å². The Bertz CT molecular complexity index is 369. The molecule has 0 saturated carbocycles. The molecule has 1 N–H and O–H groups in total. The van der Waals surface area contributed by atoms with Gasteiger partial charge in [0.05, 0.1) is 11.3 Å². The van der Waals surface area contributed by atoms with Crippen molar-refractivity contribution in [3.63, 3.8) is 0 Å². The van der Waals surface area contributed by atoms with Gasteiger partial charge in [-0.1, -0.05) is 0 Å². The Morgan fingerprint density at radius 3 is 2.80 bits per heavy atom. The number of nitrogens with one attached hydrogen (secondary N) is 1. The Kier molecular flexibility index (Phi) is 4.07. The zero-order valence-electron chi connectivity index (χ0n) is 8.92. The normalized spacial score (nSPS) is 10.1. The summed E-state index contributed by atoms with van der Waals surface area (Å²) in [5.41, 5.74) is 1.02. The molecule has 0 saturated heterocycles. The highest BCUT2D eigenvalue weighted by Crippen LogP contribution is 2.15. The Morgan fingerprint density at radius 1 is 1.47 bits per heavy atom. The van der Waals surface area contributed by atoms with Gasteiger partial charge in [0.1, 0.15) is 11.9 Å². The van der Waals surface area contributed by atoms with Crippen LogP contribution in [0.3, 0.4) is 0 Å². The lowest BCUT2D eigenvalue weighted by Crippen LogP contribution is -2.21. The van der Waals surface area contributed by atoms with E-state index < -0.39 is 0 Å². The summed E-state index contributed by atoms with van der Waals surface area (Å²) in [6, 6.07) is 6.13. The highest BCUT2D eigenvalue weighted by atomic mass is 19.1. The van der Waals surface area contributed by atoms with Crippen LogP contribution in [-0.4, -0.2) is 32.1 Å². The molecule has 80 valence electrons. The number of nitriles is 1. The SMILES string of the molecule is CN(C)CCNc1ccc(F)cc1C#N. The van der Waals surface area contributed by atoms with Crippen molar-refractivity contribution in [2.24, 2.45) is 0 Å². The number of rotatable bonds is 4. The largest absolute Gasteiger partial charge is 0.383 e. The van der Waals surface area contributed by atoms with Crippen molar-refractivity contribution in [3.05, 3.63) is 29.6 Å². The molecule has 0 unspecified atom stereocenters. The summed E-state index contributed by atoms with van der Waals surface area (Å²) in [4.78, 5) is 2.03. The van der Waals surface area contributed by atoms with E-state index in [1.165, 1.54) is 12.1 Å². The van der Waals surface area contributed by atoms with E-state index in [0.717, 1.165) is 13.1 Å². The molecule has 1 rings (SSSR count). The number of hydrogen-bond donors (Lipinski definition) is 1. The van der Waals surface area contributed by atoms with E-state index in [1.807, 2.05) is 25.1 Å². The van der Waals surface area contributed by atoms with Gasteiger partial charge < -0.3 is 10.2 Å². The topological polar surface area (TPSA) is 39.1 Å². The number of hydrogen-bond acceptors (Lipinski definition) is 3. The standard InChI is InChI=1S/C11H14FN3/c1-15(2)6-5-14-11-4-3-10(12)7-9(11)8-13/h3-4,7,14H,5-6H2,1-2H3. The van der Waals surface area contributed by atoms with Crippen molar-refractivity contribution in [1.29, 1.82) is 5.26 Å². The molecule has 0 aromatic heterocycles. The van der Waals surface area contributed by atoms with Crippen LogP contribution in [0.2, 0.25) is 0 Å². The number of benzene rings is 1. The van der Waals surface area contributed by atoms with E-state index in [4.69, 9.17) is 5.26 Å². The minimum Gasteiger partial charge on any atom is -0.383 e. The van der Waals surface area contributed by atoms with Gasteiger partial charge >= 0.3 is 0 Å². The maximum atomic E-state index is 12.8. The average Bonchev–Trinajstić information content (AvgIpc) is 2.19. The van der Waals surface area contributed by atoms with Crippen LogP contribution in [0, 0.1) is 17.1 Å². The quantitative estimate of drug-likeness (QED) is 0.816. The molecule has 0 spiro atoms. The molecule has 1 aromatic rings. The number of anilines is 1. The van der Waals surface area contributed by atoms with Crippen LogP contribution < -0.4 is 5.32 Å². The number of halogens is 1. The van der Waals surface area contributed by atoms with Crippen molar-refractivity contribution in [2.75, 3.05) is 32.5 Å². The van der Waals surface area contributed by atoms with Gasteiger partial charge in [-0.25, -0.2) is 4.39 Å². The lowest BCUT2D eigenvalue weighted by atomic mass is 10.2. The van der Waals surface area contributed by atoms with Gasteiger partial charge in [0.2, 0.25) is 0 Å². The van der Waals surface area contributed by atoms with Gasteiger partial charge in [-0.05, 0) is 32.3 Å². The van der Waals surface area contributed by atoms with E-state index in [0.29, 0.717) is 11.3 Å². The van der Waals surface area contributed by atoms with Crippen LogP contribution in [0.15, 0.2) is 18.2 Å². The summed E-state index contributed by atoms with van der Waals surface area (Å²) in [6.45, 7) is 1.59. The fourth-order valence-electron chi connectivity index (χ4n) is 1.18. The second-order valence-corrected chi connectivity index (χ2v) is 3.53. The molecule has 0 aliphatic heterocycles. The highest BCUT2D eigenvalue weighted by molar-refractivity contribution is 5.57. The molecule has 0 aliphatic carbocycles. The molecular weight excluding hydrogens is 193 g/mol. The van der Waals surface area contributed by atoms with E-state index in [9.17, 15) is 4.39 Å². The molecule has 15 heavy (non-hydrogen) atoms. The third-order valence-electron chi connectivity index (χ3n) is 1.98. The zero-order chi connectivity index (χ0) is 11.3. The van der Waals surface area contributed by atoms with Crippen LogP contribution in [0.1, 0.15) is 5.56 Å². The van der Waals surface area contributed by atoms with Gasteiger partial charge in [0.25, 0.3) is 0 Å². The Balaban J connectivity index is 2.65. The molecule has 0 heterocycles. The van der Waals surface area contributed by atoms with Gasteiger partial charge in [-0.2, -0.15) is 5.26 Å². The van der Waals surface area contributed by atoms with Crippen LogP contribution in [0.25, 0.3) is 0 Å². The fraction of sp³-hybridized carbons (Fsp3) is 0.364. The first-order valence-electron chi connectivity index (χ1n) is 4.71. The maximum absolute atomic E-state index is 12.8. The second-order valence-electron chi connectivity index (χ2n) is 3.53. The van der Waals surface area contributed by atoms with E-state index >= 15 is 0 Å². The van der Waals surface area contributed by atoms with E-state index in [2.05, 4.69) is 5.32 Å². The monoisotopic (exact) mass is 207 g/mol. The van der Waals surface area contributed by atoms with E-state index in [-0.39, 0.29) is 5.82 Å². The predicted molar refractivity (Wildman–Crippen MR) is 58.2 cm³/mol. The first-order chi connectivity index (χ1) is 7.13. The van der Waals surface area contributed by atoms with Crippen LogP contribution in [0.4, 0.5) is 10.1 Å². The summed E-state index contributed by atoms with van der Waals surface area (Å²) in [5, 5.41) is 11.9. The summed E-state index contributed by atoms with van der Waals surface area (Å²) < 4.78 is 12.8. The zero-order valence-corrected chi connectivity index (χ0v) is 8.92. The summed E-state index contributed by atoms with van der Waals surface area (Å²) in [6.07, 6.45) is 0. The van der Waals surface area contributed by atoms with Crippen molar-refractivity contribution in [1.82, 2.24) is 4.90 Å². The van der Waals surface area contributed by atoms with Gasteiger partial charge in [-0.15, -0.1) is 0 Å². The molecular formula is C11H14FN3. The Morgan fingerprint density at radius 2 is 2.20 bits per heavy atom. The maximum Gasteiger partial charge on any atom is 0.124 e. The second kappa shape index (κ2) is 5.32. The molecule has 1 aromatic carbocycles. The molecule has 0 bridgehead atoms. The minimum atomic E-state index is -0.385. The minimum absolute atomic E-state index is 0.341. The molecule has 4 heteroatoms. The van der Waals surface area contributed by atoms with Crippen molar-refractivity contribution in [3.8, 4) is 6.07 Å². The number of nitrogens with zero attached hydrogens (tertiary/aromatic N) is 2. The van der Waals surface area contributed by atoms with Crippen molar-refractivity contribution >= 4 is 5.69 Å². The highest BCUT2D eigenvalue weighted by Gasteiger charge is 2.02. The average molecular weight is 207 g/mol. The molecule has 3 nitrogen and oxygen atoms in total. The summed E-state index contributed by atoms with van der Waals surface area (Å²) >= 11 is 0. The lowest BCUT2D eigenvalue weighted by molar-refractivity contribution is 0.425. The smallest absolute Gasteiger partial charge is 0.124 e. The van der Waals surface area contributed by atoms with Crippen molar-refractivity contribution in [2.45, 2.75) is 0 Å². The first kappa shape index (κ1) is 11.5. The fourth-order valence-corrected chi connectivity index (χ4v) is 1.18. The van der Waals surface area contributed by atoms with Crippen LogP contribution in [0.5, 0.6) is 0 Å². The summed E-state index contributed by atoms with van der Waals surface area (Å²) in [7, 11) is 3.94. The van der Waals surface area contributed by atoms with E-state index in [1.54, 1.807) is 6.07 Å². The van der Waals surface area contributed by atoms with Crippen LogP contribution >= 0.6 is 0 Å². The predicted octanol–water partition coefficient (Wildman–Crippen LogP) is 1.67. The summed E-state index contributed by atoms with van der Waals surface area (Å²) in [5.74, 6) is -0.385. The molecule has 0 aliphatic rings.